The van der Waals surface area contributed by atoms with Gasteiger partial charge < -0.3 is 14.8 Å². The summed E-state index contributed by atoms with van der Waals surface area (Å²) >= 11 is 0. The number of sulfonamides is 1. The first-order valence-electron chi connectivity index (χ1n) is 10.2. The van der Waals surface area contributed by atoms with Gasteiger partial charge in [0.25, 0.3) is 0 Å². The van der Waals surface area contributed by atoms with E-state index in [-0.39, 0.29) is 10.8 Å². The Kier molecular flexibility index (Phi) is 7.53. The molecule has 1 aliphatic heterocycles. The van der Waals surface area contributed by atoms with Crippen molar-refractivity contribution >= 4 is 21.6 Å². The molecule has 1 saturated heterocycles. The van der Waals surface area contributed by atoms with Crippen molar-refractivity contribution in [3.05, 3.63) is 48.0 Å². The molecular formula is C22H29N3O5S. The van der Waals surface area contributed by atoms with Crippen LogP contribution in [0.4, 0.5) is 5.69 Å². The third-order valence-electron chi connectivity index (χ3n) is 5.28. The number of rotatable bonds is 8. The maximum absolute atomic E-state index is 13.0. The van der Waals surface area contributed by atoms with Gasteiger partial charge >= 0.3 is 0 Å². The highest BCUT2D eigenvalue weighted by molar-refractivity contribution is 7.89. The summed E-state index contributed by atoms with van der Waals surface area (Å²) in [6.45, 7) is 4.59. The lowest BCUT2D eigenvalue weighted by Gasteiger charge is -2.34. The maximum Gasteiger partial charge on any atom is 0.243 e. The van der Waals surface area contributed by atoms with Crippen LogP contribution in [0.15, 0.2) is 47.4 Å². The van der Waals surface area contributed by atoms with Gasteiger partial charge in [-0.2, -0.15) is 4.31 Å². The summed E-state index contributed by atoms with van der Waals surface area (Å²) < 4.78 is 38.1. The Hall–Kier alpha value is -2.62. The summed E-state index contributed by atoms with van der Waals surface area (Å²) in [5.74, 6) is 1.25. The molecule has 1 N–H and O–H groups in total. The van der Waals surface area contributed by atoms with Crippen LogP contribution < -0.4 is 14.8 Å². The molecule has 1 heterocycles. The lowest BCUT2D eigenvalue weighted by Crippen LogP contribution is -2.48. The highest BCUT2D eigenvalue weighted by Crippen LogP contribution is 2.28. The Balaban J connectivity index is 1.60. The molecule has 1 fully saturated rings. The fraction of sp³-hybridized carbons (Fsp3) is 0.409. The number of anilines is 1. The Bertz CT molecular complexity index is 1000. The van der Waals surface area contributed by atoms with Crippen molar-refractivity contribution in [3.63, 3.8) is 0 Å². The summed E-state index contributed by atoms with van der Waals surface area (Å²) in [6, 6.07) is 12.1. The fourth-order valence-electron chi connectivity index (χ4n) is 3.47. The number of methoxy groups -OCH3 is 2. The van der Waals surface area contributed by atoms with Crippen LogP contribution >= 0.6 is 0 Å². The number of amides is 1. The van der Waals surface area contributed by atoms with E-state index in [1.165, 1.54) is 16.4 Å². The van der Waals surface area contributed by atoms with E-state index in [0.29, 0.717) is 56.3 Å². The van der Waals surface area contributed by atoms with Crippen LogP contribution in [0.25, 0.3) is 0 Å². The van der Waals surface area contributed by atoms with Crippen LogP contribution in [0.5, 0.6) is 11.5 Å². The van der Waals surface area contributed by atoms with Crippen LogP contribution in [0, 0.1) is 0 Å². The van der Waals surface area contributed by atoms with E-state index >= 15 is 0 Å². The predicted octanol–water partition coefficient (Wildman–Crippen LogP) is 2.56. The minimum Gasteiger partial charge on any atom is -0.493 e. The Morgan fingerprint density at radius 1 is 0.968 bits per heavy atom. The minimum absolute atomic E-state index is 0.110. The molecule has 2 aromatic rings. The lowest BCUT2D eigenvalue weighted by atomic mass is 10.1. The monoisotopic (exact) mass is 447 g/mol. The fourth-order valence-corrected chi connectivity index (χ4v) is 4.90. The summed E-state index contributed by atoms with van der Waals surface area (Å²) in [6.07, 6.45) is 0.369. The van der Waals surface area contributed by atoms with Gasteiger partial charge in [-0.1, -0.05) is 13.0 Å². The number of nitrogens with zero attached hydrogens (tertiary/aromatic N) is 2. The van der Waals surface area contributed by atoms with E-state index in [1.807, 2.05) is 18.2 Å². The summed E-state index contributed by atoms with van der Waals surface area (Å²) in [4.78, 5) is 13.9. The zero-order valence-electron chi connectivity index (χ0n) is 18.1. The van der Waals surface area contributed by atoms with Gasteiger partial charge in [-0.05, 0) is 42.0 Å². The molecule has 168 valence electrons. The van der Waals surface area contributed by atoms with Crippen molar-refractivity contribution in [1.82, 2.24) is 9.21 Å². The van der Waals surface area contributed by atoms with E-state index in [2.05, 4.69) is 10.2 Å². The van der Waals surface area contributed by atoms with Gasteiger partial charge in [0.15, 0.2) is 11.5 Å². The molecule has 0 spiro atoms. The molecular weight excluding hydrogens is 418 g/mol. The van der Waals surface area contributed by atoms with Gasteiger partial charge in [-0.15, -0.1) is 0 Å². The van der Waals surface area contributed by atoms with Crippen molar-refractivity contribution in [3.8, 4) is 11.5 Å². The molecule has 2 aromatic carbocycles. The number of piperazine rings is 1. The topological polar surface area (TPSA) is 88.2 Å². The third-order valence-corrected chi connectivity index (χ3v) is 7.20. The minimum atomic E-state index is -3.57. The molecule has 3 rings (SSSR count). The first kappa shape index (κ1) is 23.1. The van der Waals surface area contributed by atoms with Crippen molar-refractivity contribution in [2.24, 2.45) is 0 Å². The van der Waals surface area contributed by atoms with E-state index in [0.717, 1.165) is 5.56 Å². The highest BCUT2D eigenvalue weighted by Gasteiger charge is 2.28. The Labute approximate surface area is 183 Å². The molecule has 0 saturated carbocycles. The van der Waals surface area contributed by atoms with E-state index in [1.54, 1.807) is 33.3 Å². The van der Waals surface area contributed by atoms with E-state index in [4.69, 9.17) is 9.47 Å². The van der Waals surface area contributed by atoms with Gasteiger partial charge in [-0.25, -0.2) is 8.42 Å². The molecule has 8 nitrogen and oxygen atoms in total. The molecule has 9 heteroatoms. The molecule has 1 amide bonds. The number of carbonyl (C=O) groups is 1. The van der Waals surface area contributed by atoms with Crippen molar-refractivity contribution < 1.29 is 22.7 Å². The van der Waals surface area contributed by atoms with E-state index < -0.39 is 10.0 Å². The smallest absolute Gasteiger partial charge is 0.243 e. The normalized spacial score (nSPS) is 15.5. The molecule has 0 unspecified atom stereocenters. The van der Waals surface area contributed by atoms with Crippen LogP contribution in [0.3, 0.4) is 0 Å². The summed E-state index contributed by atoms with van der Waals surface area (Å²) in [7, 11) is -0.362. The Morgan fingerprint density at radius 2 is 1.61 bits per heavy atom. The highest BCUT2D eigenvalue weighted by atomic mass is 32.2. The molecule has 0 radical (unpaired) electrons. The lowest BCUT2D eigenvalue weighted by molar-refractivity contribution is -0.115. The second kappa shape index (κ2) is 10.1. The summed E-state index contributed by atoms with van der Waals surface area (Å²) in [5, 5.41) is 2.72. The predicted molar refractivity (Wildman–Crippen MR) is 119 cm³/mol. The van der Waals surface area contributed by atoms with Gasteiger partial charge in [0.1, 0.15) is 0 Å². The number of carbonyl (C=O) groups excluding carboxylic acids is 1. The zero-order chi connectivity index (χ0) is 22.4. The quantitative estimate of drug-likeness (QED) is 0.669. The SMILES string of the molecule is CCC(=O)Nc1ccc(S(=O)(=O)N2CCN(Cc3ccc(OC)c(OC)c3)CC2)cc1. The Morgan fingerprint density at radius 3 is 2.19 bits per heavy atom. The first-order valence-corrected chi connectivity index (χ1v) is 11.6. The van der Waals surface area contributed by atoms with Crippen LogP contribution in [0.2, 0.25) is 0 Å². The van der Waals surface area contributed by atoms with Gasteiger partial charge in [0, 0.05) is 44.8 Å². The molecule has 1 aliphatic rings. The second-order valence-corrected chi connectivity index (χ2v) is 9.23. The molecule has 0 aromatic heterocycles. The van der Waals surface area contributed by atoms with Crippen molar-refractivity contribution in [2.75, 3.05) is 45.7 Å². The average Bonchev–Trinajstić information content (AvgIpc) is 2.79. The second-order valence-electron chi connectivity index (χ2n) is 7.30. The van der Waals surface area contributed by atoms with Crippen LogP contribution in [0.1, 0.15) is 18.9 Å². The number of hydrogen-bond acceptors (Lipinski definition) is 6. The first-order chi connectivity index (χ1) is 14.9. The van der Waals surface area contributed by atoms with Crippen LogP contribution in [-0.2, 0) is 21.4 Å². The molecule has 31 heavy (non-hydrogen) atoms. The largest absolute Gasteiger partial charge is 0.493 e. The molecule has 0 atom stereocenters. The van der Waals surface area contributed by atoms with Crippen LogP contribution in [-0.4, -0.2) is 63.9 Å². The van der Waals surface area contributed by atoms with Gasteiger partial charge in [0.2, 0.25) is 15.9 Å². The van der Waals surface area contributed by atoms with Crippen molar-refractivity contribution in [2.45, 2.75) is 24.8 Å². The zero-order valence-corrected chi connectivity index (χ0v) is 18.9. The van der Waals surface area contributed by atoms with E-state index in [9.17, 15) is 13.2 Å². The molecule has 0 aliphatic carbocycles. The standard InChI is InChI=1S/C22H29N3O5S/c1-4-22(26)23-18-6-8-19(9-7-18)31(27,28)25-13-11-24(12-14-25)16-17-5-10-20(29-2)21(15-17)30-3/h5-10,15H,4,11-14,16H2,1-3H3,(H,23,26). The molecule has 0 bridgehead atoms. The van der Waals surface area contributed by atoms with Gasteiger partial charge in [0.05, 0.1) is 19.1 Å². The van der Waals surface area contributed by atoms with Crippen molar-refractivity contribution in [1.29, 1.82) is 0 Å². The maximum atomic E-state index is 13.0. The number of hydrogen-bond donors (Lipinski definition) is 1. The number of nitrogens with one attached hydrogen (secondary N) is 1. The van der Waals surface area contributed by atoms with Gasteiger partial charge in [-0.3, -0.25) is 9.69 Å². The average molecular weight is 448 g/mol. The number of ether oxygens (including phenoxy) is 2. The third kappa shape index (κ3) is 5.55. The summed E-state index contributed by atoms with van der Waals surface area (Å²) in [5.41, 5.74) is 1.67. The number of benzene rings is 2.